The number of primary sulfonamides is 1. The number of hydrogen-bond donors (Lipinski definition) is 4. The predicted octanol–water partition coefficient (Wildman–Crippen LogP) is 3.42. The Morgan fingerprint density at radius 1 is 1.06 bits per heavy atom. The highest BCUT2D eigenvalue weighted by Gasteiger charge is 2.30. The van der Waals surface area contributed by atoms with E-state index in [0.29, 0.717) is 24.1 Å². The zero-order chi connectivity index (χ0) is 25.2. The summed E-state index contributed by atoms with van der Waals surface area (Å²) in [6.07, 6.45) is 2.35. The van der Waals surface area contributed by atoms with Crippen LogP contribution in [0.4, 0.5) is 15.8 Å². The second-order valence-corrected chi connectivity index (χ2v) is 9.92. The van der Waals surface area contributed by atoms with Gasteiger partial charge in [-0.05, 0) is 55.2 Å². The zero-order valence-corrected chi connectivity index (χ0v) is 19.7. The molecule has 0 bridgehead atoms. The number of sulfonamides is 1. The molecule has 1 fully saturated rings. The van der Waals surface area contributed by atoms with Crippen molar-refractivity contribution in [3.8, 4) is 11.1 Å². The van der Waals surface area contributed by atoms with E-state index in [9.17, 15) is 13.2 Å². The van der Waals surface area contributed by atoms with Crippen molar-refractivity contribution in [2.75, 3.05) is 16.8 Å². The minimum atomic E-state index is -4.00. The molecule has 35 heavy (non-hydrogen) atoms. The van der Waals surface area contributed by atoms with Crippen LogP contribution >= 0.6 is 0 Å². The summed E-state index contributed by atoms with van der Waals surface area (Å²) in [6, 6.07) is 16.8. The van der Waals surface area contributed by atoms with Gasteiger partial charge in [-0.15, -0.1) is 0 Å². The molecule has 182 valence electrons. The minimum absolute atomic E-state index is 0.00477. The van der Waals surface area contributed by atoms with E-state index in [0.717, 1.165) is 18.5 Å². The van der Waals surface area contributed by atoms with Gasteiger partial charge >= 0.3 is 0 Å². The lowest BCUT2D eigenvalue weighted by Crippen LogP contribution is -2.47. The fourth-order valence-electron chi connectivity index (χ4n) is 4.32. The molecule has 3 aromatic carbocycles. The molecule has 0 spiro atoms. The van der Waals surface area contributed by atoms with Crippen molar-refractivity contribution in [1.29, 1.82) is 5.41 Å². The Labute approximate surface area is 203 Å². The third-order valence-corrected chi connectivity index (χ3v) is 6.99. The van der Waals surface area contributed by atoms with Gasteiger partial charge in [-0.25, -0.2) is 17.9 Å². The third kappa shape index (κ3) is 5.33. The van der Waals surface area contributed by atoms with Crippen LogP contribution in [0, 0.1) is 11.2 Å². The number of halogens is 1. The van der Waals surface area contributed by atoms with E-state index in [4.69, 9.17) is 16.3 Å². The Morgan fingerprint density at radius 3 is 2.54 bits per heavy atom. The molecule has 10 heteroatoms. The molecule has 1 aliphatic heterocycles. The quantitative estimate of drug-likeness (QED) is 0.306. The van der Waals surface area contributed by atoms with Gasteiger partial charge in [0.25, 0.3) is 0 Å². The summed E-state index contributed by atoms with van der Waals surface area (Å²) in [5, 5.41) is 15.6. The van der Waals surface area contributed by atoms with Crippen molar-refractivity contribution in [2.45, 2.75) is 30.2 Å². The number of hydrogen-bond acceptors (Lipinski definition) is 5. The molecule has 1 unspecified atom stereocenters. The maximum atomic E-state index is 15.0. The van der Waals surface area contributed by atoms with Crippen LogP contribution in [0.3, 0.4) is 0 Å². The lowest BCUT2D eigenvalue weighted by Gasteiger charge is -2.36. The van der Waals surface area contributed by atoms with E-state index >= 15 is 4.39 Å². The number of rotatable bonds is 6. The lowest BCUT2D eigenvalue weighted by atomic mass is 9.99. The first-order valence-electron chi connectivity index (χ1n) is 11.1. The van der Waals surface area contributed by atoms with Crippen LogP contribution < -0.4 is 21.1 Å². The predicted molar refractivity (Wildman–Crippen MR) is 134 cm³/mol. The molecule has 1 aliphatic rings. The smallest absolute Gasteiger partial charge is 0.247 e. The summed E-state index contributed by atoms with van der Waals surface area (Å²) in [5.41, 5.74) is 7.54. The van der Waals surface area contributed by atoms with Crippen LogP contribution in [0.2, 0.25) is 0 Å². The number of anilines is 2. The Bertz CT molecular complexity index is 1390. The third-order valence-electron chi connectivity index (χ3n) is 6.03. The highest BCUT2D eigenvalue weighted by atomic mass is 32.2. The molecular formula is C25H26FN5O3S. The first-order valence-corrected chi connectivity index (χ1v) is 12.6. The SMILES string of the molecule is N=C(N)c1cccc(N2CCCCC2C(=O)Nc2ccc(-c3ccccc3S(N)(=O)=O)cc2F)c1. The summed E-state index contributed by atoms with van der Waals surface area (Å²) in [4.78, 5) is 15.0. The van der Waals surface area contributed by atoms with Gasteiger partial charge in [0.15, 0.2) is 0 Å². The van der Waals surface area contributed by atoms with Crippen LogP contribution in [-0.4, -0.2) is 32.7 Å². The van der Waals surface area contributed by atoms with Crippen molar-refractivity contribution in [1.82, 2.24) is 0 Å². The zero-order valence-electron chi connectivity index (χ0n) is 18.9. The Morgan fingerprint density at radius 2 is 1.83 bits per heavy atom. The van der Waals surface area contributed by atoms with Crippen LogP contribution in [0.25, 0.3) is 11.1 Å². The van der Waals surface area contributed by atoms with Crippen molar-refractivity contribution in [3.05, 3.63) is 78.1 Å². The van der Waals surface area contributed by atoms with Gasteiger partial charge in [0.2, 0.25) is 15.9 Å². The molecule has 0 aromatic heterocycles. The molecule has 4 rings (SSSR count). The van der Waals surface area contributed by atoms with Crippen molar-refractivity contribution in [2.24, 2.45) is 10.9 Å². The molecule has 0 aliphatic carbocycles. The fourth-order valence-corrected chi connectivity index (χ4v) is 5.08. The minimum Gasteiger partial charge on any atom is -0.384 e. The molecule has 0 radical (unpaired) electrons. The number of nitrogens with two attached hydrogens (primary N) is 2. The van der Waals surface area contributed by atoms with Crippen LogP contribution in [0.5, 0.6) is 0 Å². The van der Waals surface area contributed by atoms with Gasteiger partial charge in [0.1, 0.15) is 17.7 Å². The van der Waals surface area contributed by atoms with E-state index in [1.165, 1.54) is 30.3 Å². The maximum absolute atomic E-state index is 15.0. The number of carbonyl (C=O) groups is 1. The number of nitrogens with one attached hydrogen (secondary N) is 2. The van der Waals surface area contributed by atoms with E-state index in [2.05, 4.69) is 5.32 Å². The van der Waals surface area contributed by atoms with Crippen LogP contribution in [0.1, 0.15) is 24.8 Å². The number of amidine groups is 1. The first-order chi connectivity index (χ1) is 16.6. The number of piperidine rings is 1. The number of nitrogens with zero attached hydrogens (tertiary/aromatic N) is 1. The highest BCUT2D eigenvalue weighted by Crippen LogP contribution is 2.30. The first kappa shape index (κ1) is 24.4. The summed E-state index contributed by atoms with van der Waals surface area (Å²) in [7, 11) is -4.00. The molecule has 6 N–H and O–H groups in total. The molecule has 8 nitrogen and oxygen atoms in total. The standard InChI is InChI=1S/C25H26FN5O3S/c26-20-15-16(19-8-1-2-10-23(19)35(29,33)34)11-12-21(20)30-25(32)22-9-3-4-13-31(22)18-7-5-6-17(14-18)24(27)28/h1-2,5-8,10-12,14-15,22H,3-4,9,13H2,(H3,27,28)(H,30,32)(H2,29,33,34). The van der Waals surface area contributed by atoms with Gasteiger partial charge in [-0.1, -0.05) is 36.4 Å². The van der Waals surface area contributed by atoms with Gasteiger partial charge in [-0.3, -0.25) is 10.2 Å². The summed E-state index contributed by atoms with van der Waals surface area (Å²) < 4.78 is 38.8. The topological polar surface area (TPSA) is 142 Å². The number of amides is 1. The van der Waals surface area contributed by atoms with Crippen molar-refractivity contribution < 1.29 is 17.6 Å². The molecular weight excluding hydrogens is 469 g/mol. The molecule has 1 amide bonds. The molecule has 3 aromatic rings. The number of carbonyl (C=O) groups excluding carboxylic acids is 1. The van der Waals surface area contributed by atoms with E-state index in [-0.39, 0.29) is 27.9 Å². The average Bonchev–Trinajstić information content (AvgIpc) is 2.84. The van der Waals surface area contributed by atoms with Gasteiger partial charge < -0.3 is 16.0 Å². The second-order valence-electron chi connectivity index (χ2n) is 8.39. The molecule has 1 atom stereocenters. The summed E-state index contributed by atoms with van der Waals surface area (Å²) in [5.74, 6) is -1.11. The van der Waals surface area contributed by atoms with Crippen LogP contribution in [-0.2, 0) is 14.8 Å². The second kappa shape index (κ2) is 9.85. The highest BCUT2D eigenvalue weighted by molar-refractivity contribution is 7.89. The average molecular weight is 496 g/mol. The Kier molecular flexibility index (Phi) is 6.86. The monoisotopic (exact) mass is 495 g/mol. The molecule has 1 saturated heterocycles. The van der Waals surface area contributed by atoms with E-state index in [1.54, 1.807) is 30.3 Å². The maximum Gasteiger partial charge on any atom is 0.247 e. The summed E-state index contributed by atoms with van der Waals surface area (Å²) >= 11 is 0. The van der Waals surface area contributed by atoms with Gasteiger partial charge in [-0.2, -0.15) is 0 Å². The largest absolute Gasteiger partial charge is 0.384 e. The van der Waals surface area contributed by atoms with Gasteiger partial charge in [0, 0.05) is 23.4 Å². The lowest BCUT2D eigenvalue weighted by molar-refractivity contribution is -0.117. The van der Waals surface area contributed by atoms with Gasteiger partial charge in [0.05, 0.1) is 10.6 Å². The van der Waals surface area contributed by atoms with E-state index in [1.807, 2.05) is 11.0 Å². The number of benzene rings is 3. The Hall–Kier alpha value is -3.76. The molecule has 0 saturated carbocycles. The molecule has 1 heterocycles. The summed E-state index contributed by atoms with van der Waals surface area (Å²) in [6.45, 7) is 0.644. The van der Waals surface area contributed by atoms with Crippen molar-refractivity contribution >= 4 is 33.1 Å². The van der Waals surface area contributed by atoms with Crippen molar-refractivity contribution in [3.63, 3.8) is 0 Å². The Balaban J connectivity index is 1.58. The normalized spacial score (nSPS) is 16.1. The van der Waals surface area contributed by atoms with Crippen LogP contribution in [0.15, 0.2) is 71.6 Å². The fraction of sp³-hybridized carbons (Fsp3) is 0.200. The van der Waals surface area contributed by atoms with E-state index < -0.39 is 21.9 Å². The number of nitrogen functional groups attached to an aromatic ring is 1.